The molecule has 2 heterocycles. The maximum Gasteiger partial charge on any atom is 0.150 e. The molecule has 0 saturated carbocycles. The van der Waals surface area contributed by atoms with Crippen molar-refractivity contribution in [2.75, 3.05) is 24.6 Å². The largest absolute Gasteiger partial charge is 0.311 e. The maximum absolute atomic E-state index is 11.7. The summed E-state index contributed by atoms with van der Waals surface area (Å²) in [6.07, 6.45) is 1.55. The van der Waals surface area contributed by atoms with Crippen LogP contribution in [-0.4, -0.2) is 50.0 Å². The number of hydrogen-bond donors (Lipinski definition) is 1. The summed E-state index contributed by atoms with van der Waals surface area (Å²) in [4.78, 5) is 2.53. The predicted molar refractivity (Wildman–Crippen MR) is 85.0 cm³/mol. The Bertz CT molecular complexity index is 559. The number of nitrogens with one attached hydrogen (secondary N) is 1. The van der Waals surface area contributed by atoms with Crippen molar-refractivity contribution in [2.45, 2.75) is 37.9 Å². The zero-order chi connectivity index (χ0) is 14.9. The van der Waals surface area contributed by atoms with Crippen molar-refractivity contribution in [3.05, 3.63) is 35.9 Å². The molecule has 21 heavy (non-hydrogen) atoms. The second kappa shape index (κ2) is 6.07. The van der Waals surface area contributed by atoms with Crippen molar-refractivity contribution in [1.82, 2.24) is 10.2 Å². The van der Waals surface area contributed by atoms with Gasteiger partial charge < -0.3 is 5.32 Å². The minimum atomic E-state index is -2.79. The third kappa shape index (κ3) is 3.47. The van der Waals surface area contributed by atoms with Gasteiger partial charge in [-0.1, -0.05) is 30.3 Å². The highest BCUT2D eigenvalue weighted by Crippen LogP contribution is 2.30. The van der Waals surface area contributed by atoms with Crippen LogP contribution >= 0.6 is 0 Å². The van der Waals surface area contributed by atoms with Crippen LogP contribution in [0.4, 0.5) is 0 Å². The molecule has 0 amide bonds. The molecule has 0 radical (unpaired) electrons. The predicted octanol–water partition coefficient (Wildman–Crippen LogP) is 1.60. The van der Waals surface area contributed by atoms with E-state index in [2.05, 4.69) is 41.4 Å². The van der Waals surface area contributed by atoms with Crippen molar-refractivity contribution >= 4 is 9.84 Å². The van der Waals surface area contributed by atoms with E-state index >= 15 is 0 Å². The van der Waals surface area contributed by atoms with Gasteiger partial charge in [0, 0.05) is 31.2 Å². The molecule has 4 nitrogen and oxygen atoms in total. The standard InChI is InChI=1S/C16H24N2O2S/c1-13-12-18(15-7-9-21(19,20)10-8-15)16(11-17-13)14-5-3-2-4-6-14/h2-6,13,15-17H,7-12H2,1H3. The van der Waals surface area contributed by atoms with Gasteiger partial charge in [-0.15, -0.1) is 0 Å². The monoisotopic (exact) mass is 308 g/mol. The number of piperazine rings is 1. The molecule has 0 bridgehead atoms. The maximum atomic E-state index is 11.7. The van der Waals surface area contributed by atoms with E-state index in [0.29, 0.717) is 29.6 Å². The lowest BCUT2D eigenvalue weighted by atomic mass is 9.97. The highest BCUT2D eigenvalue weighted by atomic mass is 32.2. The van der Waals surface area contributed by atoms with Crippen molar-refractivity contribution in [1.29, 1.82) is 0 Å². The molecule has 2 saturated heterocycles. The molecule has 2 aliphatic rings. The summed E-state index contributed by atoms with van der Waals surface area (Å²) in [6.45, 7) is 4.13. The SMILES string of the molecule is CC1CN(C2CCS(=O)(=O)CC2)C(c2ccccc2)CN1. The van der Waals surface area contributed by atoms with Crippen LogP contribution in [-0.2, 0) is 9.84 Å². The van der Waals surface area contributed by atoms with Crippen molar-refractivity contribution in [3.8, 4) is 0 Å². The quantitative estimate of drug-likeness (QED) is 0.901. The molecule has 1 N–H and O–H groups in total. The van der Waals surface area contributed by atoms with Crippen LogP contribution in [0.25, 0.3) is 0 Å². The lowest BCUT2D eigenvalue weighted by molar-refractivity contribution is 0.0790. The summed E-state index contributed by atoms with van der Waals surface area (Å²) < 4.78 is 23.3. The van der Waals surface area contributed by atoms with Gasteiger partial charge in [0.1, 0.15) is 9.84 Å². The smallest absolute Gasteiger partial charge is 0.150 e. The first-order valence-electron chi connectivity index (χ1n) is 7.80. The number of hydrogen-bond acceptors (Lipinski definition) is 4. The van der Waals surface area contributed by atoms with Gasteiger partial charge in [0.25, 0.3) is 0 Å². The Hall–Kier alpha value is -0.910. The Balaban J connectivity index is 1.79. The van der Waals surface area contributed by atoms with E-state index in [-0.39, 0.29) is 0 Å². The Morgan fingerprint density at radius 1 is 1.14 bits per heavy atom. The van der Waals surface area contributed by atoms with Crippen LogP contribution in [0.5, 0.6) is 0 Å². The summed E-state index contributed by atoms with van der Waals surface area (Å²) in [5.41, 5.74) is 1.32. The average molecular weight is 308 g/mol. The van der Waals surface area contributed by atoms with Crippen molar-refractivity contribution in [3.63, 3.8) is 0 Å². The van der Waals surface area contributed by atoms with E-state index in [4.69, 9.17) is 0 Å². The van der Waals surface area contributed by atoms with E-state index in [1.807, 2.05) is 6.07 Å². The van der Waals surface area contributed by atoms with Gasteiger partial charge in [0.15, 0.2) is 0 Å². The summed E-state index contributed by atoms with van der Waals surface area (Å²) in [5, 5.41) is 3.56. The minimum Gasteiger partial charge on any atom is -0.311 e. The van der Waals surface area contributed by atoms with Gasteiger partial charge >= 0.3 is 0 Å². The molecule has 2 fully saturated rings. The summed E-state index contributed by atoms with van der Waals surface area (Å²) in [5.74, 6) is 0.689. The zero-order valence-corrected chi connectivity index (χ0v) is 13.3. The van der Waals surface area contributed by atoms with Gasteiger partial charge in [-0.05, 0) is 25.3 Å². The fourth-order valence-corrected chi connectivity index (χ4v) is 5.00. The van der Waals surface area contributed by atoms with E-state index in [0.717, 1.165) is 25.9 Å². The minimum absolute atomic E-state index is 0.345. The molecular formula is C16H24N2O2S. The third-order valence-electron chi connectivity index (χ3n) is 4.72. The van der Waals surface area contributed by atoms with Crippen LogP contribution in [0.2, 0.25) is 0 Å². The lowest BCUT2D eigenvalue weighted by Gasteiger charge is -2.45. The summed E-state index contributed by atoms with van der Waals surface area (Å²) >= 11 is 0. The second-order valence-electron chi connectivity index (χ2n) is 6.32. The molecule has 2 unspecified atom stereocenters. The molecule has 0 spiro atoms. The second-order valence-corrected chi connectivity index (χ2v) is 8.62. The van der Waals surface area contributed by atoms with Crippen LogP contribution in [0.1, 0.15) is 31.4 Å². The lowest BCUT2D eigenvalue weighted by Crippen LogP contribution is -2.55. The average Bonchev–Trinajstić information content (AvgIpc) is 2.48. The first-order chi connectivity index (χ1) is 10.1. The Morgan fingerprint density at radius 3 is 2.48 bits per heavy atom. The van der Waals surface area contributed by atoms with Crippen molar-refractivity contribution < 1.29 is 8.42 Å². The fourth-order valence-electron chi connectivity index (χ4n) is 3.54. The van der Waals surface area contributed by atoms with Crippen LogP contribution in [0.15, 0.2) is 30.3 Å². The van der Waals surface area contributed by atoms with Gasteiger partial charge in [0.2, 0.25) is 0 Å². The van der Waals surface area contributed by atoms with E-state index < -0.39 is 9.84 Å². The number of rotatable bonds is 2. The molecule has 0 aliphatic carbocycles. The third-order valence-corrected chi connectivity index (χ3v) is 6.44. The highest BCUT2D eigenvalue weighted by molar-refractivity contribution is 7.91. The molecule has 5 heteroatoms. The van der Waals surface area contributed by atoms with Gasteiger partial charge in [0.05, 0.1) is 11.5 Å². The van der Waals surface area contributed by atoms with Crippen LogP contribution in [0.3, 0.4) is 0 Å². The Kier molecular flexibility index (Phi) is 4.33. The summed E-state index contributed by atoms with van der Waals surface area (Å²) in [6, 6.07) is 11.8. The molecule has 116 valence electrons. The zero-order valence-electron chi connectivity index (χ0n) is 12.5. The Morgan fingerprint density at radius 2 is 1.81 bits per heavy atom. The van der Waals surface area contributed by atoms with Crippen molar-refractivity contribution in [2.24, 2.45) is 0 Å². The van der Waals surface area contributed by atoms with E-state index in [9.17, 15) is 8.42 Å². The molecule has 0 aromatic heterocycles. The molecule has 3 rings (SSSR count). The topological polar surface area (TPSA) is 49.4 Å². The van der Waals surface area contributed by atoms with Crippen LogP contribution in [0, 0.1) is 0 Å². The number of benzene rings is 1. The van der Waals surface area contributed by atoms with Gasteiger partial charge in [-0.25, -0.2) is 8.42 Å². The Labute approximate surface area is 127 Å². The van der Waals surface area contributed by atoms with Gasteiger partial charge in [-0.2, -0.15) is 0 Å². The number of sulfone groups is 1. The molecule has 1 aromatic carbocycles. The first-order valence-corrected chi connectivity index (χ1v) is 9.62. The van der Waals surface area contributed by atoms with E-state index in [1.54, 1.807) is 0 Å². The summed E-state index contributed by atoms with van der Waals surface area (Å²) in [7, 11) is -2.79. The molecule has 2 atom stereocenters. The highest BCUT2D eigenvalue weighted by Gasteiger charge is 2.35. The normalized spacial score (nSPS) is 31.1. The van der Waals surface area contributed by atoms with E-state index in [1.165, 1.54) is 5.56 Å². The molecule has 2 aliphatic heterocycles. The van der Waals surface area contributed by atoms with Crippen LogP contribution < -0.4 is 5.32 Å². The number of nitrogens with zero attached hydrogens (tertiary/aromatic N) is 1. The molecule has 1 aromatic rings. The molecular weight excluding hydrogens is 284 g/mol. The fraction of sp³-hybridized carbons (Fsp3) is 0.625. The van der Waals surface area contributed by atoms with Gasteiger partial charge in [-0.3, -0.25) is 4.90 Å². The first kappa shape index (κ1) is 15.0.